The van der Waals surface area contributed by atoms with E-state index in [1.54, 1.807) is 0 Å². The topological polar surface area (TPSA) is 58.7 Å². The third-order valence-corrected chi connectivity index (χ3v) is 4.19. The number of nitrogens with two attached hydrogens (primary N) is 1. The third-order valence-electron chi connectivity index (χ3n) is 4.19. The molecule has 0 fully saturated rings. The number of rotatable bonds is 8. The lowest BCUT2D eigenvalue weighted by molar-refractivity contribution is 0.103. The molecule has 0 aliphatic heterocycles. The van der Waals surface area contributed by atoms with E-state index >= 15 is 0 Å². The largest absolute Gasteiger partial charge is 0.387 e. The quantitative estimate of drug-likeness (QED) is 0.348. The Hall–Kier alpha value is -2.46. The van der Waals surface area contributed by atoms with Crippen LogP contribution < -0.4 is 5.73 Å². The minimum Gasteiger partial charge on any atom is -0.387 e. The average Bonchev–Trinajstić information content (AvgIpc) is 2.64. The summed E-state index contributed by atoms with van der Waals surface area (Å²) < 4.78 is 0. The van der Waals surface area contributed by atoms with Crippen LogP contribution >= 0.6 is 0 Å². The van der Waals surface area contributed by atoms with Crippen molar-refractivity contribution >= 4 is 11.6 Å². The fraction of sp³-hybridized carbons (Fsp3) is 0.333. The molecule has 0 saturated carbocycles. The first-order valence-corrected chi connectivity index (χ1v) is 8.63. The van der Waals surface area contributed by atoms with Gasteiger partial charge in [-0.25, -0.2) is 0 Å². The summed E-state index contributed by atoms with van der Waals surface area (Å²) in [7, 11) is 4.09. The van der Waals surface area contributed by atoms with Crippen molar-refractivity contribution in [1.82, 2.24) is 4.90 Å². The van der Waals surface area contributed by atoms with E-state index in [4.69, 9.17) is 5.73 Å². The summed E-state index contributed by atoms with van der Waals surface area (Å²) in [5.74, 6) is 0.627. The van der Waals surface area contributed by atoms with Crippen molar-refractivity contribution in [2.24, 2.45) is 10.7 Å². The van der Waals surface area contributed by atoms with Gasteiger partial charge < -0.3 is 10.6 Å². The Morgan fingerprint density at radius 3 is 2.44 bits per heavy atom. The highest BCUT2D eigenvalue weighted by molar-refractivity contribution is 6.09. The van der Waals surface area contributed by atoms with E-state index in [2.05, 4.69) is 9.89 Å². The summed E-state index contributed by atoms with van der Waals surface area (Å²) in [6.45, 7) is 3.74. The van der Waals surface area contributed by atoms with Crippen molar-refractivity contribution in [2.75, 3.05) is 27.2 Å². The number of benzene rings is 2. The predicted molar refractivity (Wildman–Crippen MR) is 104 cm³/mol. The van der Waals surface area contributed by atoms with Crippen molar-refractivity contribution in [2.45, 2.75) is 19.3 Å². The molecule has 0 radical (unpaired) electrons. The van der Waals surface area contributed by atoms with Gasteiger partial charge >= 0.3 is 0 Å². The van der Waals surface area contributed by atoms with Crippen molar-refractivity contribution in [3.63, 3.8) is 0 Å². The van der Waals surface area contributed by atoms with Gasteiger partial charge in [-0.05, 0) is 38.7 Å². The molecule has 0 bridgehead atoms. The molecular weight excluding hydrogens is 310 g/mol. The summed E-state index contributed by atoms with van der Waals surface area (Å²) in [6, 6.07) is 17.0. The average molecular weight is 337 g/mol. The maximum absolute atomic E-state index is 12.6. The first-order chi connectivity index (χ1) is 12.0. The number of nitrogens with zero attached hydrogens (tertiary/aromatic N) is 2. The number of carbonyl (C=O) groups excluding carboxylic acids is 1. The number of hydrogen-bond donors (Lipinski definition) is 1. The van der Waals surface area contributed by atoms with Gasteiger partial charge in [-0.15, -0.1) is 0 Å². The summed E-state index contributed by atoms with van der Waals surface area (Å²) >= 11 is 0. The summed E-state index contributed by atoms with van der Waals surface area (Å²) in [5.41, 5.74) is 8.53. The smallest absolute Gasteiger partial charge is 0.193 e. The highest BCUT2D eigenvalue weighted by Gasteiger charge is 2.14. The van der Waals surface area contributed by atoms with Crippen molar-refractivity contribution in [1.29, 1.82) is 0 Å². The third kappa shape index (κ3) is 5.54. The Labute approximate surface area is 150 Å². The SMILES string of the molecule is C[C@H](C(N)=NCCCN(C)C)c1cccc(C(=O)c2ccccc2)c1. The summed E-state index contributed by atoms with van der Waals surface area (Å²) in [4.78, 5) is 19.2. The highest BCUT2D eigenvalue weighted by Crippen LogP contribution is 2.19. The first kappa shape index (κ1) is 18.9. The lowest BCUT2D eigenvalue weighted by Crippen LogP contribution is -2.21. The maximum atomic E-state index is 12.6. The van der Waals surface area contributed by atoms with Gasteiger partial charge in [0.1, 0.15) is 5.84 Å². The zero-order valence-electron chi connectivity index (χ0n) is 15.3. The Balaban J connectivity index is 2.09. The molecule has 0 heterocycles. The monoisotopic (exact) mass is 337 g/mol. The molecule has 2 rings (SSSR count). The maximum Gasteiger partial charge on any atom is 0.193 e. The van der Waals surface area contributed by atoms with E-state index in [9.17, 15) is 4.79 Å². The molecule has 0 saturated heterocycles. The second kappa shape index (κ2) is 9.14. The van der Waals surface area contributed by atoms with Gasteiger partial charge in [0, 0.05) is 23.6 Å². The molecular formula is C21H27N3O. The zero-order valence-corrected chi connectivity index (χ0v) is 15.3. The van der Waals surface area contributed by atoms with E-state index in [0.717, 1.165) is 25.1 Å². The fourth-order valence-corrected chi connectivity index (χ4v) is 2.61. The van der Waals surface area contributed by atoms with Gasteiger partial charge in [0.05, 0.1) is 0 Å². The van der Waals surface area contributed by atoms with Gasteiger partial charge in [-0.3, -0.25) is 9.79 Å². The minimum atomic E-state index is -0.0112. The van der Waals surface area contributed by atoms with Gasteiger partial charge in [0.25, 0.3) is 0 Å². The van der Waals surface area contributed by atoms with Gasteiger partial charge in [-0.2, -0.15) is 0 Å². The van der Waals surface area contributed by atoms with Gasteiger partial charge in [-0.1, -0.05) is 55.5 Å². The van der Waals surface area contributed by atoms with Crippen LogP contribution in [0.3, 0.4) is 0 Å². The molecule has 132 valence electrons. The molecule has 0 aliphatic carbocycles. The molecule has 2 N–H and O–H groups in total. The van der Waals surface area contributed by atoms with Crippen LogP contribution in [-0.2, 0) is 0 Å². The van der Waals surface area contributed by atoms with Crippen LogP contribution in [0, 0.1) is 0 Å². The highest BCUT2D eigenvalue weighted by atomic mass is 16.1. The Bertz CT molecular complexity index is 723. The van der Waals surface area contributed by atoms with Crippen LogP contribution in [0.25, 0.3) is 0 Å². The second-order valence-electron chi connectivity index (χ2n) is 6.51. The van der Waals surface area contributed by atoms with Crippen LogP contribution in [0.15, 0.2) is 59.6 Å². The first-order valence-electron chi connectivity index (χ1n) is 8.63. The molecule has 0 aliphatic rings. The van der Waals surface area contributed by atoms with Crippen LogP contribution in [0.5, 0.6) is 0 Å². The predicted octanol–water partition coefficient (Wildman–Crippen LogP) is 3.33. The molecule has 1 atom stereocenters. The van der Waals surface area contributed by atoms with Crippen LogP contribution in [0.4, 0.5) is 0 Å². The van der Waals surface area contributed by atoms with Crippen molar-refractivity contribution < 1.29 is 4.79 Å². The molecule has 2 aromatic carbocycles. The number of aliphatic imine (C=N–C) groups is 1. The van der Waals surface area contributed by atoms with Crippen molar-refractivity contribution in [3.8, 4) is 0 Å². The van der Waals surface area contributed by atoms with Crippen molar-refractivity contribution in [3.05, 3.63) is 71.3 Å². The number of ketones is 1. The second-order valence-corrected chi connectivity index (χ2v) is 6.51. The Kier molecular flexibility index (Phi) is 6.90. The van der Waals surface area contributed by atoms with E-state index in [-0.39, 0.29) is 11.7 Å². The molecule has 2 aromatic rings. The minimum absolute atomic E-state index is 0.0112. The van der Waals surface area contributed by atoms with Crippen LogP contribution in [0.2, 0.25) is 0 Å². The van der Waals surface area contributed by atoms with E-state index < -0.39 is 0 Å². The zero-order chi connectivity index (χ0) is 18.2. The molecule has 4 nitrogen and oxygen atoms in total. The van der Waals surface area contributed by atoms with Crippen LogP contribution in [-0.4, -0.2) is 43.7 Å². The number of amidine groups is 1. The molecule has 4 heteroatoms. The molecule has 0 spiro atoms. The molecule has 0 unspecified atom stereocenters. The van der Waals surface area contributed by atoms with E-state index in [1.165, 1.54) is 0 Å². The Morgan fingerprint density at radius 2 is 1.76 bits per heavy atom. The number of carbonyl (C=O) groups is 1. The van der Waals surface area contributed by atoms with Gasteiger partial charge in [0.15, 0.2) is 5.78 Å². The van der Waals surface area contributed by atoms with E-state index in [0.29, 0.717) is 17.0 Å². The summed E-state index contributed by atoms with van der Waals surface area (Å²) in [6.07, 6.45) is 0.979. The van der Waals surface area contributed by atoms with Gasteiger partial charge in [0.2, 0.25) is 0 Å². The lowest BCUT2D eigenvalue weighted by Gasteiger charge is -2.13. The molecule has 0 amide bonds. The molecule has 25 heavy (non-hydrogen) atoms. The normalized spacial score (nSPS) is 13.0. The Morgan fingerprint density at radius 1 is 1.08 bits per heavy atom. The van der Waals surface area contributed by atoms with Crippen LogP contribution in [0.1, 0.15) is 40.7 Å². The summed E-state index contributed by atoms with van der Waals surface area (Å²) in [5, 5.41) is 0. The van der Waals surface area contributed by atoms with E-state index in [1.807, 2.05) is 75.6 Å². The number of hydrogen-bond acceptors (Lipinski definition) is 3. The fourth-order valence-electron chi connectivity index (χ4n) is 2.61. The lowest BCUT2D eigenvalue weighted by atomic mass is 9.95. The standard InChI is InChI=1S/C21H27N3O/c1-16(21(22)23-13-8-14-24(2)3)18-11-7-12-19(15-18)20(25)17-9-5-4-6-10-17/h4-7,9-12,15-16H,8,13-14H2,1-3H3,(H2,22,23)/t16-/m0/s1. The molecule has 0 aromatic heterocycles.